The van der Waals surface area contributed by atoms with Crippen LogP contribution in [0.1, 0.15) is 20.8 Å². The molecule has 0 saturated heterocycles. The number of rotatable bonds is 2. The first-order chi connectivity index (χ1) is 12.8. The molecule has 2 aromatic heterocycles. The van der Waals surface area contributed by atoms with Crippen molar-refractivity contribution >= 4 is 33.0 Å². The third-order valence-corrected chi connectivity index (χ3v) is 4.89. The number of nitrogens with one attached hydrogen (secondary N) is 1. The van der Waals surface area contributed by atoms with Gasteiger partial charge in [0.25, 0.3) is 5.91 Å². The molecule has 0 aliphatic heterocycles. The summed E-state index contributed by atoms with van der Waals surface area (Å²) in [7, 11) is 0. The summed E-state index contributed by atoms with van der Waals surface area (Å²) in [6.45, 7) is 0. The number of pyridine rings is 1. The Morgan fingerprint density at radius 1 is 0.923 bits per heavy atom. The van der Waals surface area contributed by atoms with Crippen LogP contribution in [0.3, 0.4) is 0 Å². The van der Waals surface area contributed by atoms with Gasteiger partial charge >= 0.3 is 0 Å². The fraction of sp³-hybridized carbons (Fsp3) is 0. The van der Waals surface area contributed by atoms with E-state index in [1.807, 2.05) is 66.7 Å². The van der Waals surface area contributed by atoms with E-state index in [0.717, 1.165) is 26.9 Å². The van der Waals surface area contributed by atoms with Gasteiger partial charge in [-0.25, -0.2) is 0 Å². The maximum absolute atomic E-state index is 12.5. The minimum Gasteiger partial charge on any atom is -0.321 e. The maximum atomic E-state index is 12.5. The van der Waals surface area contributed by atoms with E-state index in [1.54, 1.807) is 12.4 Å². The zero-order valence-electron chi connectivity index (χ0n) is 13.8. The molecule has 1 amide bonds. The van der Waals surface area contributed by atoms with E-state index in [2.05, 4.69) is 22.1 Å². The van der Waals surface area contributed by atoms with E-state index in [9.17, 15) is 4.79 Å². The second-order valence-corrected chi connectivity index (χ2v) is 6.73. The molecule has 26 heavy (non-hydrogen) atoms. The van der Waals surface area contributed by atoms with Crippen LogP contribution in [0.4, 0.5) is 5.69 Å². The molecule has 0 radical (unpaired) electrons. The summed E-state index contributed by atoms with van der Waals surface area (Å²) in [5, 5.41) is 3.86. The van der Waals surface area contributed by atoms with Crippen LogP contribution in [-0.4, -0.2) is 10.9 Å². The van der Waals surface area contributed by atoms with E-state index in [1.165, 1.54) is 11.3 Å². The first kappa shape index (κ1) is 16.1. The molecule has 0 bridgehead atoms. The van der Waals surface area contributed by atoms with E-state index in [0.29, 0.717) is 4.88 Å². The number of hydrogen-bond acceptors (Lipinski definition) is 3. The molecule has 3 nitrogen and oxygen atoms in total. The van der Waals surface area contributed by atoms with Gasteiger partial charge in [-0.2, -0.15) is 0 Å². The van der Waals surface area contributed by atoms with Gasteiger partial charge in [0.2, 0.25) is 0 Å². The number of carbonyl (C=O) groups is 1. The normalized spacial score (nSPS) is 10.2. The van der Waals surface area contributed by atoms with Crippen molar-refractivity contribution in [2.45, 2.75) is 0 Å². The van der Waals surface area contributed by atoms with Crippen molar-refractivity contribution in [2.24, 2.45) is 0 Å². The lowest BCUT2D eigenvalue weighted by Gasteiger charge is -2.01. The average molecular weight is 354 g/mol. The number of nitrogens with zero attached hydrogens (tertiary/aromatic N) is 1. The van der Waals surface area contributed by atoms with Crippen molar-refractivity contribution in [1.82, 2.24) is 4.98 Å². The lowest BCUT2D eigenvalue weighted by Crippen LogP contribution is -2.09. The van der Waals surface area contributed by atoms with Gasteiger partial charge in [0.1, 0.15) is 0 Å². The topological polar surface area (TPSA) is 42.0 Å². The van der Waals surface area contributed by atoms with Crippen LogP contribution in [0.15, 0.2) is 79.1 Å². The standard InChI is InChI=1S/C22H14N2OS/c25-22(24-18-9-5-2-6-10-18)20-13-19-17(14-23-15-21(19)26-20)12-11-16-7-3-1-4-8-16/h1-10,13-15H,(H,24,25). The van der Waals surface area contributed by atoms with Crippen molar-refractivity contribution in [3.05, 3.63) is 95.1 Å². The molecule has 124 valence electrons. The van der Waals surface area contributed by atoms with Crippen molar-refractivity contribution < 1.29 is 4.79 Å². The highest BCUT2D eigenvalue weighted by Gasteiger charge is 2.12. The number of carbonyl (C=O) groups excluding carboxylic acids is 1. The highest BCUT2D eigenvalue weighted by molar-refractivity contribution is 7.20. The third-order valence-electron chi connectivity index (χ3n) is 3.82. The van der Waals surface area contributed by atoms with Gasteiger partial charge < -0.3 is 5.32 Å². The Bertz CT molecular complexity index is 1120. The number of fused-ring (bicyclic) bond motifs is 1. The summed E-state index contributed by atoms with van der Waals surface area (Å²) in [4.78, 5) is 17.4. The molecule has 0 aliphatic rings. The highest BCUT2D eigenvalue weighted by Crippen LogP contribution is 2.28. The van der Waals surface area contributed by atoms with Crippen molar-refractivity contribution in [3.63, 3.8) is 0 Å². The Morgan fingerprint density at radius 3 is 2.42 bits per heavy atom. The van der Waals surface area contributed by atoms with Crippen LogP contribution < -0.4 is 5.32 Å². The second-order valence-electron chi connectivity index (χ2n) is 5.65. The number of anilines is 1. The predicted octanol–water partition coefficient (Wildman–Crippen LogP) is 4.95. The van der Waals surface area contributed by atoms with Gasteiger partial charge in [-0.1, -0.05) is 48.2 Å². The fourth-order valence-corrected chi connectivity index (χ4v) is 3.50. The first-order valence-electron chi connectivity index (χ1n) is 8.10. The Balaban J connectivity index is 1.65. The number of hydrogen-bond donors (Lipinski definition) is 1. The van der Waals surface area contributed by atoms with Crippen LogP contribution in [0, 0.1) is 11.8 Å². The number of para-hydroxylation sites is 1. The van der Waals surface area contributed by atoms with E-state index in [4.69, 9.17) is 0 Å². The van der Waals surface area contributed by atoms with E-state index in [-0.39, 0.29) is 5.91 Å². The summed E-state index contributed by atoms with van der Waals surface area (Å²) < 4.78 is 0.947. The predicted molar refractivity (Wildman–Crippen MR) is 106 cm³/mol. The van der Waals surface area contributed by atoms with Crippen molar-refractivity contribution in [3.8, 4) is 11.8 Å². The molecule has 1 N–H and O–H groups in total. The molecular weight excluding hydrogens is 340 g/mol. The molecule has 4 rings (SSSR count). The molecule has 0 spiro atoms. The van der Waals surface area contributed by atoms with Gasteiger partial charge in [-0.15, -0.1) is 11.3 Å². The molecule has 0 atom stereocenters. The Kier molecular flexibility index (Phi) is 4.46. The quantitative estimate of drug-likeness (QED) is 0.518. The Morgan fingerprint density at radius 2 is 1.65 bits per heavy atom. The third kappa shape index (κ3) is 3.49. The molecule has 2 heterocycles. The van der Waals surface area contributed by atoms with Crippen LogP contribution in [-0.2, 0) is 0 Å². The van der Waals surface area contributed by atoms with Crippen LogP contribution in [0.25, 0.3) is 10.1 Å². The smallest absolute Gasteiger partial charge is 0.265 e. The number of amides is 1. The summed E-state index contributed by atoms with van der Waals surface area (Å²) >= 11 is 1.42. The monoisotopic (exact) mass is 354 g/mol. The molecule has 0 aliphatic carbocycles. The average Bonchev–Trinajstić information content (AvgIpc) is 3.13. The zero-order valence-corrected chi connectivity index (χ0v) is 14.6. The molecule has 0 fully saturated rings. The molecule has 0 unspecified atom stereocenters. The lowest BCUT2D eigenvalue weighted by molar-refractivity contribution is 0.103. The second kappa shape index (κ2) is 7.22. The Hall–Kier alpha value is -3.42. The van der Waals surface area contributed by atoms with Gasteiger partial charge in [0, 0.05) is 29.0 Å². The number of benzene rings is 2. The van der Waals surface area contributed by atoms with E-state index >= 15 is 0 Å². The highest BCUT2D eigenvalue weighted by atomic mass is 32.1. The van der Waals surface area contributed by atoms with Crippen LogP contribution in [0.5, 0.6) is 0 Å². The van der Waals surface area contributed by atoms with E-state index < -0.39 is 0 Å². The maximum Gasteiger partial charge on any atom is 0.265 e. The van der Waals surface area contributed by atoms with Gasteiger partial charge in [0.05, 0.1) is 15.1 Å². The van der Waals surface area contributed by atoms with Gasteiger partial charge in [0.15, 0.2) is 0 Å². The first-order valence-corrected chi connectivity index (χ1v) is 8.92. The van der Waals surface area contributed by atoms with Crippen LogP contribution >= 0.6 is 11.3 Å². The van der Waals surface area contributed by atoms with Gasteiger partial charge in [-0.05, 0) is 30.3 Å². The largest absolute Gasteiger partial charge is 0.321 e. The SMILES string of the molecule is O=C(Nc1ccccc1)c1cc2c(C#Cc3ccccc3)cncc2s1. The molecule has 4 heteroatoms. The number of aromatic nitrogens is 1. The van der Waals surface area contributed by atoms with Crippen LogP contribution in [0.2, 0.25) is 0 Å². The summed E-state index contributed by atoms with van der Waals surface area (Å²) in [5.74, 6) is 6.19. The summed E-state index contributed by atoms with van der Waals surface area (Å²) in [5.41, 5.74) is 2.54. The minimum atomic E-state index is -0.126. The summed E-state index contributed by atoms with van der Waals surface area (Å²) in [6.07, 6.45) is 3.51. The number of thiophene rings is 1. The van der Waals surface area contributed by atoms with Crippen molar-refractivity contribution in [1.29, 1.82) is 0 Å². The Labute approximate surface area is 155 Å². The molecule has 4 aromatic rings. The molecule has 2 aromatic carbocycles. The molecule has 0 saturated carbocycles. The molecular formula is C22H14N2OS. The minimum absolute atomic E-state index is 0.126. The van der Waals surface area contributed by atoms with Crippen molar-refractivity contribution in [2.75, 3.05) is 5.32 Å². The summed E-state index contributed by atoms with van der Waals surface area (Å²) in [6, 6.07) is 21.1. The fourth-order valence-electron chi connectivity index (χ4n) is 2.55. The zero-order chi connectivity index (χ0) is 17.8. The van der Waals surface area contributed by atoms with Gasteiger partial charge in [-0.3, -0.25) is 9.78 Å². The lowest BCUT2D eigenvalue weighted by atomic mass is 10.1.